The topological polar surface area (TPSA) is 95.5 Å². The van der Waals surface area contributed by atoms with Crippen LogP contribution in [0.1, 0.15) is 43.4 Å². The first-order chi connectivity index (χ1) is 15.0. The summed E-state index contributed by atoms with van der Waals surface area (Å²) in [4.78, 5) is 21.6. The summed E-state index contributed by atoms with van der Waals surface area (Å²) in [5, 5.41) is 9.90. The van der Waals surface area contributed by atoms with E-state index in [9.17, 15) is 10.1 Å². The second-order valence-electron chi connectivity index (χ2n) is 8.43. The van der Waals surface area contributed by atoms with Crippen molar-refractivity contribution < 1.29 is 9.53 Å². The maximum Gasteiger partial charge on any atom is 0.225 e. The van der Waals surface area contributed by atoms with Crippen molar-refractivity contribution in [3.8, 4) is 17.2 Å². The molecule has 2 aromatic rings. The average Bonchev–Trinajstić information content (AvgIpc) is 3.62. The van der Waals surface area contributed by atoms with Gasteiger partial charge in [0.2, 0.25) is 5.91 Å². The number of piperazine rings is 1. The molecule has 4 rings (SSSR count). The predicted octanol–water partition coefficient (Wildman–Crippen LogP) is 3.15. The van der Waals surface area contributed by atoms with E-state index in [1.54, 1.807) is 7.11 Å². The van der Waals surface area contributed by atoms with Crippen LogP contribution in [0.5, 0.6) is 0 Å². The molecule has 31 heavy (non-hydrogen) atoms. The Morgan fingerprint density at radius 3 is 2.65 bits per heavy atom. The zero-order chi connectivity index (χ0) is 22.0. The van der Waals surface area contributed by atoms with Crippen LogP contribution in [0.25, 0.3) is 11.1 Å². The van der Waals surface area contributed by atoms with Crippen molar-refractivity contribution in [2.24, 2.45) is 0 Å². The maximum atomic E-state index is 12.5. The largest absolute Gasteiger partial charge is 0.399 e. The number of benzene rings is 1. The number of rotatable bonds is 6. The molecule has 7 nitrogen and oxygen atoms in total. The van der Waals surface area contributed by atoms with Gasteiger partial charge in [0.1, 0.15) is 11.9 Å². The Kier molecular flexibility index (Phi) is 6.10. The number of aromatic nitrogens is 1. The van der Waals surface area contributed by atoms with Crippen molar-refractivity contribution in [3.05, 3.63) is 41.6 Å². The smallest absolute Gasteiger partial charge is 0.225 e. The van der Waals surface area contributed by atoms with Gasteiger partial charge in [-0.2, -0.15) is 5.26 Å². The summed E-state index contributed by atoms with van der Waals surface area (Å²) < 4.78 is 5.04. The van der Waals surface area contributed by atoms with Gasteiger partial charge in [-0.05, 0) is 43.5 Å². The van der Waals surface area contributed by atoms with Crippen molar-refractivity contribution >= 4 is 17.4 Å². The summed E-state index contributed by atoms with van der Waals surface area (Å²) in [6.45, 7) is 4.42. The number of hydrogen-bond donors (Lipinski definition) is 1. The SMILES string of the molecule is COCCC(=O)N1CCN(c2nc(C3CC3)c(-c3ccc(N)cc3)cc2C#N)C[C@H]1C. The second kappa shape index (κ2) is 8.94. The number of anilines is 2. The van der Waals surface area contributed by atoms with Gasteiger partial charge in [0, 0.05) is 50.0 Å². The lowest BCUT2D eigenvalue weighted by Gasteiger charge is -2.41. The van der Waals surface area contributed by atoms with Crippen LogP contribution < -0.4 is 10.6 Å². The molecule has 1 aromatic carbocycles. The van der Waals surface area contributed by atoms with Crippen LogP contribution >= 0.6 is 0 Å². The van der Waals surface area contributed by atoms with Gasteiger partial charge in [-0.15, -0.1) is 0 Å². The summed E-state index contributed by atoms with van der Waals surface area (Å²) in [6, 6.07) is 12.1. The molecule has 1 aromatic heterocycles. The Bertz CT molecular complexity index is 994. The molecule has 0 spiro atoms. The van der Waals surface area contributed by atoms with Gasteiger partial charge in [0.05, 0.1) is 24.3 Å². The Balaban J connectivity index is 1.62. The molecule has 1 aliphatic carbocycles. The fourth-order valence-electron chi connectivity index (χ4n) is 4.26. The molecule has 2 aliphatic rings. The lowest BCUT2D eigenvalue weighted by molar-refractivity contribution is -0.134. The minimum Gasteiger partial charge on any atom is -0.399 e. The maximum absolute atomic E-state index is 12.5. The fraction of sp³-hybridized carbons (Fsp3) is 0.458. The van der Waals surface area contributed by atoms with Gasteiger partial charge in [-0.3, -0.25) is 4.79 Å². The molecule has 2 heterocycles. The van der Waals surface area contributed by atoms with Crippen LogP contribution in [0.2, 0.25) is 0 Å². The van der Waals surface area contributed by atoms with Crippen molar-refractivity contribution in [2.75, 3.05) is 44.0 Å². The highest BCUT2D eigenvalue weighted by Gasteiger charge is 2.33. The predicted molar refractivity (Wildman–Crippen MR) is 121 cm³/mol. The zero-order valence-electron chi connectivity index (χ0n) is 18.2. The third kappa shape index (κ3) is 4.49. The van der Waals surface area contributed by atoms with Crippen molar-refractivity contribution in [1.29, 1.82) is 5.26 Å². The molecule has 2 N–H and O–H groups in total. The van der Waals surface area contributed by atoms with E-state index in [1.807, 2.05) is 42.2 Å². The number of nitriles is 1. The highest BCUT2D eigenvalue weighted by molar-refractivity contribution is 5.77. The van der Waals surface area contributed by atoms with Crippen molar-refractivity contribution in [2.45, 2.75) is 38.1 Å². The van der Waals surface area contributed by atoms with Gasteiger partial charge >= 0.3 is 0 Å². The first kappa shape index (κ1) is 21.1. The molecule has 0 bridgehead atoms. The van der Waals surface area contributed by atoms with Crippen molar-refractivity contribution in [1.82, 2.24) is 9.88 Å². The van der Waals surface area contributed by atoms with E-state index < -0.39 is 0 Å². The first-order valence-electron chi connectivity index (χ1n) is 10.9. The van der Waals surface area contributed by atoms with Gasteiger partial charge in [0.15, 0.2) is 0 Å². The number of ether oxygens (including phenoxy) is 1. The molecular weight excluding hydrogens is 390 g/mol. The Labute approximate surface area is 183 Å². The molecule has 162 valence electrons. The highest BCUT2D eigenvalue weighted by Crippen LogP contribution is 2.45. The highest BCUT2D eigenvalue weighted by atomic mass is 16.5. The molecule has 1 saturated heterocycles. The number of nitrogen functional groups attached to an aromatic ring is 1. The summed E-state index contributed by atoms with van der Waals surface area (Å²) in [7, 11) is 1.61. The molecular formula is C24H29N5O2. The normalized spacial score (nSPS) is 18.7. The van der Waals surface area contributed by atoms with Gasteiger partial charge < -0.3 is 20.3 Å². The molecule has 1 saturated carbocycles. The summed E-state index contributed by atoms with van der Waals surface area (Å²) >= 11 is 0. The molecule has 0 unspecified atom stereocenters. The van der Waals surface area contributed by atoms with Crippen LogP contribution in [-0.2, 0) is 9.53 Å². The van der Waals surface area contributed by atoms with Crippen molar-refractivity contribution in [3.63, 3.8) is 0 Å². The summed E-state index contributed by atoms with van der Waals surface area (Å²) in [5.74, 6) is 1.28. The number of nitrogens with zero attached hydrogens (tertiary/aromatic N) is 4. The van der Waals surface area contributed by atoms with E-state index in [2.05, 4.69) is 11.0 Å². The van der Waals surface area contributed by atoms with Gasteiger partial charge in [-0.25, -0.2) is 4.98 Å². The minimum absolute atomic E-state index is 0.0487. The summed E-state index contributed by atoms with van der Waals surface area (Å²) in [6.07, 6.45) is 2.64. The second-order valence-corrected chi connectivity index (χ2v) is 8.43. The van der Waals surface area contributed by atoms with Crippen LogP contribution in [0.4, 0.5) is 11.5 Å². The number of methoxy groups -OCH3 is 1. The number of hydrogen-bond acceptors (Lipinski definition) is 6. The van der Waals surface area contributed by atoms with E-state index >= 15 is 0 Å². The average molecular weight is 420 g/mol. The van der Waals surface area contributed by atoms with E-state index in [0.717, 1.165) is 35.5 Å². The van der Waals surface area contributed by atoms with Crippen LogP contribution in [-0.4, -0.2) is 55.2 Å². The number of amides is 1. The minimum atomic E-state index is 0.0487. The Hall–Kier alpha value is -3.11. The fourth-order valence-corrected chi connectivity index (χ4v) is 4.26. The van der Waals surface area contributed by atoms with E-state index in [0.29, 0.717) is 49.8 Å². The third-order valence-corrected chi connectivity index (χ3v) is 6.11. The van der Waals surface area contributed by atoms with Gasteiger partial charge in [-0.1, -0.05) is 12.1 Å². The number of carbonyl (C=O) groups excluding carboxylic acids is 1. The third-order valence-electron chi connectivity index (χ3n) is 6.11. The molecule has 1 aliphatic heterocycles. The standard InChI is InChI=1S/C24H29N5O2/c1-16-15-28(10-11-29(16)22(30)9-12-31-2)24-19(14-25)13-21(23(27-24)18-3-4-18)17-5-7-20(26)8-6-17/h5-8,13,16,18H,3-4,9-12,15,26H2,1-2H3/t16-/m1/s1. The van der Waals surface area contributed by atoms with E-state index in [4.69, 9.17) is 15.5 Å². The lowest BCUT2D eigenvalue weighted by atomic mass is 9.98. The van der Waals surface area contributed by atoms with E-state index in [-0.39, 0.29) is 11.9 Å². The molecule has 7 heteroatoms. The van der Waals surface area contributed by atoms with Crippen LogP contribution in [0.15, 0.2) is 30.3 Å². The number of pyridine rings is 1. The number of nitrogens with two attached hydrogens (primary N) is 1. The van der Waals surface area contributed by atoms with E-state index in [1.165, 1.54) is 0 Å². The van der Waals surface area contributed by atoms with Gasteiger partial charge in [0.25, 0.3) is 0 Å². The number of carbonyl (C=O) groups is 1. The zero-order valence-corrected chi connectivity index (χ0v) is 18.2. The molecule has 0 radical (unpaired) electrons. The quantitative estimate of drug-likeness (QED) is 0.723. The monoisotopic (exact) mass is 419 g/mol. The molecule has 2 fully saturated rings. The Morgan fingerprint density at radius 1 is 1.29 bits per heavy atom. The molecule has 1 atom stereocenters. The Morgan fingerprint density at radius 2 is 2.03 bits per heavy atom. The molecule has 1 amide bonds. The first-order valence-corrected chi connectivity index (χ1v) is 10.9. The lowest BCUT2D eigenvalue weighted by Crippen LogP contribution is -2.54. The van der Waals surface area contributed by atoms with Crippen LogP contribution in [0, 0.1) is 11.3 Å². The van der Waals surface area contributed by atoms with Crippen LogP contribution in [0.3, 0.4) is 0 Å². The summed E-state index contributed by atoms with van der Waals surface area (Å²) in [5.41, 5.74) is 10.3.